The van der Waals surface area contributed by atoms with E-state index in [0.29, 0.717) is 18.2 Å². The zero-order valence-electron chi connectivity index (χ0n) is 10.5. The lowest BCUT2D eigenvalue weighted by molar-refractivity contribution is 0.0770. The smallest absolute Gasteiger partial charge is 0.314 e. The number of carbonyl (C=O) groups excluding carboxylic acids is 1. The van der Waals surface area contributed by atoms with Crippen LogP contribution in [0.3, 0.4) is 0 Å². The molecule has 1 saturated heterocycles. The van der Waals surface area contributed by atoms with Gasteiger partial charge in [-0.2, -0.15) is 0 Å². The second-order valence-corrected chi connectivity index (χ2v) is 5.08. The summed E-state index contributed by atoms with van der Waals surface area (Å²) in [4.78, 5) is 12.7. The summed E-state index contributed by atoms with van der Waals surface area (Å²) in [6.45, 7) is 1.55. The molecule has 0 spiro atoms. The van der Waals surface area contributed by atoms with Gasteiger partial charge in [-0.15, -0.1) is 0 Å². The van der Waals surface area contributed by atoms with E-state index in [1.54, 1.807) is 12.0 Å². The highest BCUT2D eigenvalue weighted by atomic mass is 16.5. The Labute approximate surface area is 103 Å². The normalized spacial score (nSPS) is 30.8. The van der Waals surface area contributed by atoms with Crippen LogP contribution in [-0.2, 0) is 4.74 Å². The number of nitrogens with one attached hydrogen (secondary N) is 1. The van der Waals surface area contributed by atoms with Crippen LogP contribution in [0.5, 0.6) is 0 Å². The number of hydrogen-bond acceptors (Lipinski definition) is 3. The lowest BCUT2D eigenvalue weighted by atomic mass is 10.0. The molecule has 98 valence electrons. The number of ether oxygens (including phenoxy) is 1. The van der Waals surface area contributed by atoms with E-state index in [1.807, 2.05) is 0 Å². The van der Waals surface area contributed by atoms with Crippen molar-refractivity contribution < 1.29 is 9.53 Å². The van der Waals surface area contributed by atoms with E-state index in [9.17, 15) is 4.79 Å². The van der Waals surface area contributed by atoms with Crippen molar-refractivity contribution in [3.63, 3.8) is 0 Å². The average Bonchev–Trinajstić information content (AvgIpc) is 2.77. The van der Waals surface area contributed by atoms with Crippen LogP contribution in [0.4, 0.5) is 4.79 Å². The van der Waals surface area contributed by atoms with Gasteiger partial charge in [-0.05, 0) is 32.1 Å². The molecule has 1 aliphatic heterocycles. The lowest BCUT2D eigenvalue weighted by Gasteiger charge is -2.34. The van der Waals surface area contributed by atoms with Crippen molar-refractivity contribution in [2.24, 2.45) is 5.73 Å². The Bertz CT molecular complexity index is 264. The highest BCUT2D eigenvalue weighted by molar-refractivity contribution is 5.72. The number of nitrogens with zero attached hydrogens (tertiary/aromatic N) is 1. The van der Waals surface area contributed by atoms with Gasteiger partial charge >= 0.3 is 6.03 Å². The number of methoxy groups -OCH3 is 1. The Hall–Kier alpha value is -0.810. The van der Waals surface area contributed by atoms with Gasteiger partial charge in [-0.3, -0.25) is 0 Å². The summed E-state index contributed by atoms with van der Waals surface area (Å²) in [5.74, 6) is 0. The Morgan fingerprint density at radius 2 is 2.00 bits per heavy atom. The second-order valence-electron chi connectivity index (χ2n) is 5.08. The van der Waals surface area contributed by atoms with Crippen LogP contribution < -0.4 is 11.1 Å². The largest absolute Gasteiger partial charge is 0.380 e. The predicted molar refractivity (Wildman–Crippen MR) is 65.8 cm³/mol. The number of carbonyl (C=O) groups is 1. The molecule has 0 aromatic rings. The van der Waals surface area contributed by atoms with Gasteiger partial charge in [0.15, 0.2) is 0 Å². The van der Waals surface area contributed by atoms with E-state index in [4.69, 9.17) is 10.5 Å². The fraction of sp³-hybridized carbons (Fsp3) is 0.917. The van der Waals surface area contributed by atoms with Crippen molar-refractivity contribution >= 4 is 6.03 Å². The van der Waals surface area contributed by atoms with Crippen LogP contribution in [0.2, 0.25) is 0 Å². The SMILES string of the molecule is COC1CCCC1NC1CCN(C(N)=O)CC1. The van der Waals surface area contributed by atoms with Crippen LogP contribution in [0.15, 0.2) is 0 Å². The van der Waals surface area contributed by atoms with Crippen molar-refractivity contribution in [2.45, 2.75) is 50.3 Å². The van der Waals surface area contributed by atoms with Gasteiger partial charge < -0.3 is 20.7 Å². The van der Waals surface area contributed by atoms with Crippen LogP contribution in [-0.4, -0.2) is 49.3 Å². The number of nitrogens with two attached hydrogens (primary N) is 1. The van der Waals surface area contributed by atoms with Crippen molar-refractivity contribution in [2.75, 3.05) is 20.2 Å². The van der Waals surface area contributed by atoms with Crippen LogP contribution in [0.25, 0.3) is 0 Å². The summed E-state index contributed by atoms with van der Waals surface area (Å²) in [6.07, 6.45) is 5.97. The van der Waals surface area contributed by atoms with Crippen molar-refractivity contribution in [3.05, 3.63) is 0 Å². The summed E-state index contributed by atoms with van der Waals surface area (Å²) < 4.78 is 5.48. The molecule has 3 N–H and O–H groups in total. The third-order valence-electron chi connectivity index (χ3n) is 4.01. The lowest BCUT2D eigenvalue weighted by Crippen LogP contribution is -2.50. The highest BCUT2D eigenvalue weighted by Crippen LogP contribution is 2.23. The van der Waals surface area contributed by atoms with E-state index < -0.39 is 0 Å². The van der Waals surface area contributed by atoms with Crippen molar-refractivity contribution in [1.29, 1.82) is 0 Å². The molecular formula is C12H23N3O2. The van der Waals surface area contributed by atoms with Gasteiger partial charge in [-0.1, -0.05) is 0 Å². The maximum Gasteiger partial charge on any atom is 0.314 e. The van der Waals surface area contributed by atoms with Crippen LogP contribution in [0, 0.1) is 0 Å². The number of primary amides is 1. The molecule has 2 aliphatic rings. The third-order valence-corrected chi connectivity index (χ3v) is 4.01. The monoisotopic (exact) mass is 241 g/mol. The Morgan fingerprint density at radius 3 is 2.59 bits per heavy atom. The standard InChI is InChI=1S/C12H23N3O2/c1-17-11-4-2-3-10(11)14-9-5-7-15(8-6-9)12(13)16/h9-11,14H,2-8H2,1H3,(H2,13,16). The summed E-state index contributed by atoms with van der Waals surface area (Å²) >= 11 is 0. The summed E-state index contributed by atoms with van der Waals surface area (Å²) in [6, 6.07) is 0.704. The molecule has 17 heavy (non-hydrogen) atoms. The summed E-state index contributed by atoms with van der Waals surface area (Å²) in [5.41, 5.74) is 5.27. The van der Waals surface area contributed by atoms with Gasteiger partial charge in [0.2, 0.25) is 0 Å². The molecule has 0 aromatic heterocycles. The minimum absolute atomic E-state index is 0.293. The minimum atomic E-state index is -0.293. The minimum Gasteiger partial charge on any atom is -0.380 e. The van der Waals surface area contributed by atoms with Crippen molar-refractivity contribution in [3.8, 4) is 0 Å². The first kappa shape index (κ1) is 12.6. The topological polar surface area (TPSA) is 67.6 Å². The molecule has 2 amide bonds. The summed E-state index contributed by atoms with van der Waals surface area (Å²) in [5, 5.41) is 3.67. The van der Waals surface area contributed by atoms with Crippen molar-refractivity contribution in [1.82, 2.24) is 10.2 Å². The number of rotatable bonds is 3. The third kappa shape index (κ3) is 3.10. The molecule has 1 saturated carbocycles. The Morgan fingerprint density at radius 1 is 1.29 bits per heavy atom. The number of urea groups is 1. The van der Waals surface area contributed by atoms with Gasteiger partial charge in [0.1, 0.15) is 0 Å². The molecule has 1 heterocycles. The molecule has 0 radical (unpaired) electrons. The zero-order valence-corrected chi connectivity index (χ0v) is 10.5. The molecule has 0 bridgehead atoms. The molecule has 2 unspecified atom stereocenters. The molecule has 2 rings (SSSR count). The molecule has 5 nitrogen and oxygen atoms in total. The van der Waals surface area contributed by atoms with E-state index in [0.717, 1.165) is 32.4 Å². The number of amides is 2. The first-order valence-electron chi connectivity index (χ1n) is 6.54. The number of hydrogen-bond donors (Lipinski definition) is 2. The fourth-order valence-electron chi connectivity index (χ4n) is 2.97. The first-order chi connectivity index (χ1) is 8.20. The molecule has 5 heteroatoms. The fourth-order valence-corrected chi connectivity index (χ4v) is 2.97. The maximum absolute atomic E-state index is 11.0. The Balaban J connectivity index is 1.76. The molecule has 2 fully saturated rings. The number of likely N-dealkylation sites (tertiary alicyclic amines) is 1. The molecule has 1 aliphatic carbocycles. The summed E-state index contributed by atoms with van der Waals surface area (Å²) in [7, 11) is 1.79. The van der Waals surface area contributed by atoms with E-state index in [2.05, 4.69) is 5.32 Å². The first-order valence-corrected chi connectivity index (χ1v) is 6.54. The maximum atomic E-state index is 11.0. The second kappa shape index (κ2) is 5.69. The average molecular weight is 241 g/mol. The van der Waals surface area contributed by atoms with Gasteiger partial charge in [0, 0.05) is 32.3 Å². The van der Waals surface area contributed by atoms with Gasteiger partial charge in [0.25, 0.3) is 0 Å². The van der Waals surface area contributed by atoms with E-state index in [-0.39, 0.29) is 6.03 Å². The predicted octanol–water partition coefficient (Wildman–Crippen LogP) is 0.687. The molecule has 2 atom stereocenters. The molecular weight excluding hydrogens is 218 g/mol. The van der Waals surface area contributed by atoms with Crippen LogP contribution >= 0.6 is 0 Å². The Kier molecular flexibility index (Phi) is 4.23. The van der Waals surface area contributed by atoms with Gasteiger partial charge in [-0.25, -0.2) is 4.79 Å². The highest BCUT2D eigenvalue weighted by Gasteiger charge is 2.30. The van der Waals surface area contributed by atoms with Crippen LogP contribution in [0.1, 0.15) is 32.1 Å². The zero-order chi connectivity index (χ0) is 12.3. The number of piperidine rings is 1. The quantitative estimate of drug-likeness (QED) is 0.764. The van der Waals surface area contributed by atoms with E-state index in [1.165, 1.54) is 12.8 Å². The molecule has 0 aromatic carbocycles. The van der Waals surface area contributed by atoms with E-state index >= 15 is 0 Å². The van der Waals surface area contributed by atoms with Gasteiger partial charge in [0.05, 0.1) is 6.10 Å².